The average Bonchev–Trinajstić information content (AvgIpc) is 2.83. The van der Waals surface area contributed by atoms with Gasteiger partial charge in [0.2, 0.25) is 0 Å². The lowest BCUT2D eigenvalue weighted by molar-refractivity contribution is -0.137. The Morgan fingerprint density at radius 1 is 1.21 bits per heavy atom. The number of carbonyl (C=O) groups is 2. The lowest BCUT2D eigenvalue weighted by atomic mass is 9.84. The third kappa shape index (κ3) is 6.51. The van der Waals surface area contributed by atoms with Gasteiger partial charge >= 0.3 is 5.97 Å². The van der Waals surface area contributed by atoms with Gasteiger partial charge in [0.05, 0.1) is 12.2 Å². The lowest BCUT2D eigenvalue weighted by Gasteiger charge is -2.25. The quantitative estimate of drug-likeness (QED) is 0.387. The van der Waals surface area contributed by atoms with E-state index in [4.69, 9.17) is 5.11 Å². The minimum atomic E-state index is -0.802. The molecular weight excluding hydrogens is 368 g/mol. The van der Waals surface area contributed by atoms with Crippen LogP contribution < -0.4 is 0 Å². The molecule has 0 spiro atoms. The van der Waals surface area contributed by atoms with Gasteiger partial charge in [0.25, 0.3) is 0 Å². The number of aliphatic hydroxyl groups is 2. The fraction of sp³-hybridized carbons (Fsp3) is 0.583. The number of Topliss-reactive ketones (excluding diaryl/α,β-unsaturated/α-hetero) is 1. The molecule has 29 heavy (non-hydrogen) atoms. The standard InChI is InChI=1S/C24H34O5/c1-24(2)22(28)19(12-8-3-4-9-13-21(26)27)20(23(24)29)15-14-18(25)16-17-10-6-5-7-11-17/h3,5-8,10-11,18-20,23,25,29H,4,9,12-16H2,1-2H3,(H,26,27)/t18?,19-,20-,23+/m1/s1. The molecule has 1 fully saturated rings. The first kappa shape index (κ1) is 23.3. The van der Waals surface area contributed by atoms with Gasteiger partial charge in [0.15, 0.2) is 0 Å². The van der Waals surface area contributed by atoms with E-state index in [-0.39, 0.29) is 24.0 Å². The number of allylic oxidation sites excluding steroid dienone is 2. The first-order chi connectivity index (χ1) is 13.7. The predicted octanol–water partition coefficient (Wildman–Crippen LogP) is 3.77. The highest BCUT2D eigenvalue weighted by Crippen LogP contribution is 2.46. The van der Waals surface area contributed by atoms with E-state index >= 15 is 0 Å². The number of carbonyl (C=O) groups excluding carboxylic acids is 1. The van der Waals surface area contributed by atoms with Crippen molar-refractivity contribution >= 4 is 11.8 Å². The molecule has 0 bridgehead atoms. The van der Waals surface area contributed by atoms with E-state index in [0.717, 1.165) is 5.56 Å². The van der Waals surface area contributed by atoms with Gasteiger partial charge in [-0.2, -0.15) is 0 Å². The topological polar surface area (TPSA) is 94.8 Å². The lowest BCUT2D eigenvalue weighted by Crippen LogP contribution is -2.32. The molecule has 0 heterocycles. The van der Waals surface area contributed by atoms with E-state index in [9.17, 15) is 19.8 Å². The zero-order valence-electron chi connectivity index (χ0n) is 17.5. The minimum absolute atomic E-state index is 0.0720. The van der Waals surface area contributed by atoms with Crippen LogP contribution in [0.5, 0.6) is 0 Å². The van der Waals surface area contributed by atoms with Crippen molar-refractivity contribution in [1.82, 2.24) is 0 Å². The first-order valence-electron chi connectivity index (χ1n) is 10.5. The SMILES string of the molecule is CC1(C)C(=O)[C@H](CC=CCCCC(=O)O)[C@@H](CCC(O)Cc2ccccc2)[C@@H]1O. The molecule has 0 saturated heterocycles. The van der Waals surface area contributed by atoms with Gasteiger partial charge in [-0.15, -0.1) is 0 Å². The molecule has 0 amide bonds. The Morgan fingerprint density at radius 2 is 1.90 bits per heavy atom. The van der Waals surface area contributed by atoms with Crippen LogP contribution in [0.3, 0.4) is 0 Å². The van der Waals surface area contributed by atoms with Crippen molar-refractivity contribution in [1.29, 1.82) is 0 Å². The molecule has 0 aliphatic heterocycles. The Balaban J connectivity index is 1.92. The molecule has 4 atom stereocenters. The number of unbranched alkanes of at least 4 members (excludes halogenated alkanes) is 1. The van der Waals surface area contributed by atoms with Crippen LogP contribution in [-0.4, -0.2) is 39.3 Å². The van der Waals surface area contributed by atoms with Crippen LogP contribution in [0.25, 0.3) is 0 Å². The maximum atomic E-state index is 12.9. The van der Waals surface area contributed by atoms with E-state index in [0.29, 0.717) is 38.5 Å². The third-order valence-electron chi connectivity index (χ3n) is 6.10. The van der Waals surface area contributed by atoms with Crippen molar-refractivity contribution in [3.8, 4) is 0 Å². The number of carboxylic acids is 1. The zero-order chi connectivity index (χ0) is 21.4. The number of hydrogen-bond acceptors (Lipinski definition) is 4. The van der Waals surface area contributed by atoms with Crippen LogP contribution in [0.15, 0.2) is 42.5 Å². The highest BCUT2D eigenvalue weighted by atomic mass is 16.4. The summed E-state index contributed by atoms with van der Waals surface area (Å²) in [6.07, 6.45) is 6.27. The highest BCUT2D eigenvalue weighted by molar-refractivity contribution is 5.90. The molecule has 3 N–H and O–H groups in total. The van der Waals surface area contributed by atoms with Crippen molar-refractivity contribution in [3.63, 3.8) is 0 Å². The second-order valence-corrected chi connectivity index (χ2v) is 8.72. The number of rotatable bonds is 11. The number of carboxylic acid groups (broad SMARTS) is 1. The van der Waals surface area contributed by atoms with Crippen LogP contribution >= 0.6 is 0 Å². The summed E-state index contributed by atoms with van der Waals surface area (Å²) >= 11 is 0. The molecule has 1 aromatic carbocycles. The van der Waals surface area contributed by atoms with Crippen LogP contribution in [0.4, 0.5) is 0 Å². The second kappa shape index (κ2) is 10.7. The largest absolute Gasteiger partial charge is 0.481 e. The smallest absolute Gasteiger partial charge is 0.303 e. The van der Waals surface area contributed by atoms with Gasteiger partial charge in [-0.3, -0.25) is 9.59 Å². The Kier molecular flexibility index (Phi) is 8.60. The molecular formula is C24H34O5. The summed E-state index contributed by atoms with van der Waals surface area (Å²) in [5.41, 5.74) is 0.292. The summed E-state index contributed by atoms with van der Waals surface area (Å²) in [6, 6.07) is 9.81. The molecule has 1 unspecified atom stereocenters. The third-order valence-corrected chi connectivity index (χ3v) is 6.10. The van der Waals surface area contributed by atoms with Crippen LogP contribution in [-0.2, 0) is 16.0 Å². The maximum absolute atomic E-state index is 12.9. The molecule has 0 radical (unpaired) electrons. The van der Waals surface area contributed by atoms with E-state index in [1.54, 1.807) is 13.8 Å². The maximum Gasteiger partial charge on any atom is 0.303 e. The molecule has 160 valence electrons. The molecule has 2 rings (SSSR count). The Morgan fingerprint density at radius 3 is 2.55 bits per heavy atom. The van der Waals surface area contributed by atoms with E-state index < -0.39 is 23.6 Å². The van der Waals surface area contributed by atoms with Gasteiger partial charge in [-0.1, -0.05) is 56.3 Å². The average molecular weight is 403 g/mol. The van der Waals surface area contributed by atoms with E-state index in [1.807, 2.05) is 42.5 Å². The zero-order valence-corrected chi connectivity index (χ0v) is 17.5. The van der Waals surface area contributed by atoms with Gasteiger partial charge in [-0.25, -0.2) is 0 Å². The monoisotopic (exact) mass is 402 g/mol. The number of aliphatic carboxylic acids is 1. The highest BCUT2D eigenvalue weighted by Gasteiger charge is 2.53. The van der Waals surface area contributed by atoms with Crippen molar-refractivity contribution in [2.45, 2.75) is 71.0 Å². The van der Waals surface area contributed by atoms with Crippen molar-refractivity contribution in [3.05, 3.63) is 48.0 Å². The Hall–Kier alpha value is -1.98. The molecule has 5 nitrogen and oxygen atoms in total. The van der Waals surface area contributed by atoms with Crippen molar-refractivity contribution < 1.29 is 24.9 Å². The summed E-state index contributed by atoms with van der Waals surface area (Å²) in [7, 11) is 0. The summed E-state index contributed by atoms with van der Waals surface area (Å²) < 4.78 is 0. The summed E-state index contributed by atoms with van der Waals surface area (Å²) in [4.78, 5) is 23.4. The van der Waals surface area contributed by atoms with Crippen LogP contribution in [0, 0.1) is 17.3 Å². The van der Waals surface area contributed by atoms with Crippen LogP contribution in [0.1, 0.15) is 57.9 Å². The summed E-state index contributed by atoms with van der Waals surface area (Å²) in [5.74, 6) is -1.17. The molecule has 5 heteroatoms. The first-order valence-corrected chi connectivity index (χ1v) is 10.5. The number of benzene rings is 1. The van der Waals surface area contributed by atoms with Crippen molar-refractivity contribution in [2.24, 2.45) is 17.3 Å². The van der Waals surface area contributed by atoms with Gasteiger partial charge < -0.3 is 15.3 Å². The van der Waals surface area contributed by atoms with Crippen molar-refractivity contribution in [2.75, 3.05) is 0 Å². The molecule has 1 aliphatic carbocycles. The minimum Gasteiger partial charge on any atom is -0.481 e. The normalized spacial score (nSPS) is 24.8. The predicted molar refractivity (Wildman–Crippen MR) is 112 cm³/mol. The number of aliphatic hydroxyl groups excluding tert-OH is 2. The molecule has 0 aromatic heterocycles. The molecule has 1 aliphatic rings. The van der Waals surface area contributed by atoms with E-state index in [2.05, 4.69) is 0 Å². The molecule has 1 saturated carbocycles. The Labute approximate surface area is 173 Å². The second-order valence-electron chi connectivity index (χ2n) is 8.72. The van der Waals surface area contributed by atoms with E-state index in [1.165, 1.54) is 0 Å². The summed E-state index contributed by atoms with van der Waals surface area (Å²) in [6.45, 7) is 3.59. The molecule has 1 aromatic rings. The fourth-order valence-electron chi connectivity index (χ4n) is 4.32. The number of hydrogen-bond donors (Lipinski definition) is 3. The van der Waals surface area contributed by atoms with Gasteiger partial charge in [0, 0.05) is 17.8 Å². The number of ketones is 1. The van der Waals surface area contributed by atoms with Crippen LogP contribution in [0.2, 0.25) is 0 Å². The van der Waals surface area contributed by atoms with Gasteiger partial charge in [0.1, 0.15) is 5.78 Å². The Bertz CT molecular complexity index is 694. The van der Waals surface area contributed by atoms with Gasteiger partial charge in [-0.05, 0) is 50.0 Å². The summed E-state index contributed by atoms with van der Waals surface area (Å²) in [5, 5.41) is 29.9. The fourth-order valence-corrected chi connectivity index (χ4v) is 4.32.